The Morgan fingerprint density at radius 2 is 1.74 bits per heavy atom. The van der Waals surface area contributed by atoms with Gasteiger partial charge >= 0.3 is 5.97 Å². The van der Waals surface area contributed by atoms with Gasteiger partial charge < -0.3 is 14.4 Å². The van der Waals surface area contributed by atoms with E-state index in [-0.39, 0.29) is 30.6 Å². The van der Waals surface area contributed by atoms with E-state index < -0.39 is 0 Å². The number of nitrogens with zero attached hydrogens (tertiary/aromatic N) is 1. The van der Waals surface area contributed by atoms with Gasteiger partial charge in [-0.25, -0.2) is 4.79 Å². The molecule has 1 heterocycles. The molecule has 1 aliphatic heterocycles. The van der Waals surface area contributed by atoms with Crippen LogP contribution in [0.3, 0.4) is 0 Å². The van der Waals surface area contributed by atoms with Crippen LogP contribution in [-0.2, 0) is 9.53 Å². The number of benzene rings is 1. The molecular formula is C18H25NO4. The molecule has 126 valence electrons. The lowest BCUT2D eigenvalue weighted by molar-refractivity contribution is -0.139. The lowest BCUT2D eigenvalue weighted by atomic mass is 9.97. The van der Waals surface area contributed by atoms with E-state index in [4.69, 9.17) is 9.47 Å². The largest absolute Gasteiger partial charge is 0.484 e. The van der Waals surface area contributed by atoms with Crippen molar-refractivity contribution in [2.75, 3.05) is 13.2 Å². The summed E-state index contributed by atoms with van der Waals surface area (Å²) in [5.41, 5.74) is 0.476. The number of piperidine rings is 1. The first-order valence-electron chi connectivity index (χ1n) is 8.24. The van der Waals surface area contributed by atoms with E-state index in [1.54, 1.807) is 31.2 Å². The van der Waals surface area contributed by atoms with Gasteiger partial charge in [0.1, 0.15) is 5.75 Å². The van der Waals surface area contributed by atoms with Crippen molar-refractivity contribution in [2.45, 2.75) is 52.1 Å². The van der Waals surface area contributed by atoms with Gasteiger partial charge in [0.05, 0.1) is 12.2 Å². The molecule has 0 aliphatic carbocycles. The average molecular weight is 319 g/mol. The molecule has 23 heavy (non-hydrogen) atoms. The normalized spacial score (nSPS) is 20.9. The maximum Gasteiger partial charge on any atom is 0.338 e. The van der Waals surface area contributed by atoms with Gasteiger partial charge in [-0.3, -0.25) is 4.79 Å². The van der Waals surface area contributed by atoms with Gasteiger partial charge in [0.15, 0.2) is 6.61 Å². The zero-order valence-corrected chi connectivity index (χ0v) is 14.1. The van der Waals surface area contributed by atoms with Gasteiger partial charge in [0.2, 0.25) is 0 Å². The molecule has 1 fully saturated rings. The number of esters is 1. The highest BCUT2D eigenvalue weighted by Gasteiger charge is 2.28. The van der Waals surface area contributed by atoms with Crippen LogP contribution >= 0.6 is 0 Å². The van der Waals surface area contributed by atoms with E-state index in [1.807, 2.05) is 4.90 Å². The lowest BCUT2D eigenvalue weighted by Crippen LogP contribution is -2.49. The maximum absolute atomic E-state index is 12.4. The first-order valence-corrected chi connectivity index (χ1v) is 8.24. The van der Waals surface area contributed by atoms with Gasteiger partial charge in [-0.1, -0.05) is 0 Å². The molecule has 1 saturated heterocycles. The highest BCUT2D eigenvalue weighted by molar-refractivity contribution is 5.89. The summed E-state index contributed by atoms with van der Waals surface area (Å²) in [6.45, 7) is 6.30. The number of hydrogen-bond acceptors (Lipinski definition) is 4. The predicted octanol–water partition coefficient (Wildman–Crippen LogP) is 3.03. The second-order valence-electron chi connectivity index (χ2n) is 5.96. The monoisotopic (exact) mass is 319 g/mol. The second-order valence-corrected chi connectivity index (χ2v) is 5.96. The Kier molecular flexibility index (Phi) is 6.02. The van der Waals surface area contributed by atoms with Crippen LogP contribution in [0.2, 0.25) is 0 Å². The zero-order chi connectivity index (χ0) is 16.8. The molecule has 0 aromatic heterocycles. The first kappa shape index (κ1) is 17.3. The van der Waals surface area contributed by atoms with Crippen LogP contribution in [0.4, 0.5) is 0 Å². The van der Waals surface area contributed by atoms with Crippen molar-refractivity contribution >= 4 is 11.9 Å². The Bertz CT molecular complexity index is 530. The van der Waals surface area contributed by atoms with Crippen LogP contribution in [0.25, 0.3) is 0 Å². The third-order valence-corrected chi connectivity index (χ3v) is 4.21. The number of ether oxygens (including phenoxy) is 2. The zero-order valence-electron chi connectivity index (χ0n) is 14.1. The Hall–Kier alpha value is -2.04. The quantitative estimate of drug-likeness (QED) is 0.783. The topological polar surface area (TPSA) is 55.8 Å². The minimum absolute atomic E-state index is 0.0131. The molecule has 1 aliphatic rings. The molecule has 0 N–H and O–H groups in total. The van der Waals surface area contributed by atoms with Crippen molar-refractivity contribution in [2.24, 2.45) is 0 Å². The maximum atomic E-state index is 12.4. The van der Waals surface area contributed by atoms with Crippen molar-refractivity contribution in [1.29, 1.82) is 0 Å². The van der Waals surface area contributed by atoms with Gasteiger partial charge in [-0.2, -0.15) is 0 Å². The number of carbonyl (C=O) groups excluding carboxylic acids is 2. The van der Waals surface area contributed by atoms with Gasteiger partial charge in [0.25, 0.3) is 5.91 Å². The van der Waals surface area contributed by atoms with Crippen molar-refractivity contribution in [1.82, 2.24) is 4.90 Å². The molecule has 0 unspecified atom stereocenters. The summed E-state index contributed by atoms with van der Waals surface area (Å²) in [4.78, 5) is 25.9. The molecule has 0 saturated carbocycles. The van der Waals surface area contributed by atoms with E-state index in [1.165, 1.54) is 6.42 Å². The first-order chi connectivity index (χ1) is 11.0. The molecule has 2 rings (SSSR count). The Morgan fingerprint density at radius 3 is 2.30 bits per heavy atom. The van der Waals surface area contributed by atoms with Crippen LogP contribution in [0.15, 0.2) is 24.3 Å². The molecular weight excluding hydrogens is 294 g/mol. The molecule has 1 aromatic rings. The van der Waals surface area contributed by atoms with Crippen LogP contribution in [0.1, 0.15) is 50.4 Å². The summed E-state index contributed by atoms with van der Waals surface area (Å²) < 4.78 is 10.5. The lowest BCUT2D eigenvalue weighted by Gasteiger charge is -2.38. The molecule has 5 heteroatoms. The third-order valence-electron chi connectivity index (χ3n) is 4.21. The standard InChI is InChI=1S/C18H25NO4/c1-4-22-18(21)15-8-10-16(11-9-15)23-12-17(20)19-13(2)6-5-7-14(19)3/h8-11,13-14H,4-7,12H2,1-3H3/t13-,14+. The van der Waals surface area contributed by atoms with Gasteiger partial charge in [0, 0.05) is 12.1 Å². The number of rotatable bonds is 5. The van der Waals surface area contributed by atoms with E-state index in [0.29, 0.717) is 17.9 Å². The van der Waals surface area contributed by atoms with E-state index in [9.17, 15) is 9.59 Å². The summed E-state index contributed by atoms with van der Waals surface area (Å²) >= 11 is 0. The molecule has 2 atom stereocenters. The second kappa shape index (κ2) is 7.99. The predicted molar refractivity (Wildman–Crippen MR) is 87.5 cm³/mol. The summed E-state index contributed by atoms with van der Waals surface area (Å²) in [6.07, 6.45) is 3.26. The molecule has 1 amide bonds. The van der Waals surface area contributed by atoms with Gasteiger partial charge in [-0.05, 0) is 64.3 Å². The highest BCUT2D eigenvalue weighted by atomic mass is 16.5. The van der Waals surface area contributed by atoms with Crippen LogP contribution in [-0.4, -0.2) is 42.1 Å². The highest BCUT2D eigenvalue weighted by Crippen LogP contribution is 2.23. The number of carbonyl (C=O) groups is 2. The van der Waals surface area contributed by atoms with Gasteiger partial charge in [-0.15, -0.1) is 0 Å². The minimum Gasteiger partial charge on any atom is -0.484 e. The Morgan fingerprint density at radius 1 is 1.13 bits per heavy atom. The summed E-state index contributed by atoms with van der Waals surface area (Å²) in [5, 5.41) is 0. The molecule has 0 bridgehead atoms. The van der Waals surface area contributed by atoms with E-state index >= 15 is 0 Å². The number of hydrogen-bond donors (Lipinski definition) is 0. The van der Waals surface area contributed by atoms with E-state index in [0.717, 1.165) is 12.8 Å². The summed E-state index contributed by atoms with van der Waals surface area (Å²) in [7, 11) is 0. The van der Waals surface area contributed by atoms with Crippen molar-refractivity contribution in [3.63, 3.8) is 0 Å². The molecule has 0 radical (unpaired) electrons. The summed E-state index contributed by atoms with van der Waals surface area (Å²) in [5.74, 6) is 0.231. The number of amides is 1. The summed E-state index contributed by atoms with van der Waals surface area (Å²) in [6, 6.07) is 7.18. The van der Waals surface area contributed by atoms with Crippen LogP contribution < -0.4 is 4.74 Å². The smallest absolute Gasteiger partial charge is 0.338 e. The van der Waals surface area contributed by atoms with Crippen molar-refractivity contribution in [3.05, 3.63) is 29.8 Å². The van der Waals surface area contributed by atoms with Crippen molar-refractivity contribution < 1.29 is 19.1 Å². The minimum atomic E-state index is -0.355. The fraction of sp³-hybridized carbons (Fsp3) is 0.556. The Labute approximate surface area is 137 Å². The molecule has 0 spiro atoms. The average Bonchev–Trinajstić information content (AvgIpc) is 2.53. The van der Waals surface area contributed by atoms with E-state index in [2.05, 4.69) is 13.8 Å². The molecule has 5 nitrogen and oxygen atoms in total. The third kappa shape index (κ3) is 4.47. The fourth-order valence-electron chi connectivity index (χ4n) is 3.03. The van der Waals surface area contributed by atoms with Crippen molar-refractivity contribution in [3.8, 4) is 5.75 Å². The Balaban J connectivity index is 1.90. The fourth-order valence-corrected chi connectivity index (χ4v) is 3.03. The van der Waals surface area contributed by atoms with Crippen LogP contribution in [0, 0.1) is 0 Å². The molecule has 1 aromatic carbocycles. The SMILES string of the molecule is CCOC(=O)c1ccc(OCC(=O)N2[C@H](C)CCC[C@@H]2C)cc1. The number of likely N-dealkylation sites (tertiary alicyclic amines) is 1. The van der Waals surface area contributed by atoms with Crippen LogP contribution in [0.5, 0.6) is 5.75 Å².